The SMILES string of the molecule is COc1ccc(N2CCC(=O)NC2=O)cc1C1=CC=CC(/C(C)=N\NS(C)(=O)=O)(C(C)(C)C)C1. The summed E-state index contributed by atoms with van der Waals surface area (Å²) in [5.41, 5.74) is 2.18. The van der Waals surface area contributed by atoms with Gasteiger partial charge in [0, 0.05) is 35.3 Å². The minimum atomic E-state index is -3.50. The van der Waals surface area contributed by atoms with Crippen LogP contribution in [-0.2, 0) is 14.8 Å². The first-order valence-electron chi connectivity index (χ1n) is 11.0. The summed E-state index contributed by atoms with van der Waals surface area (Å²) < 4.78 is 28.9. The largest absolute Gasteiger partial charge is 0.496 e. The van der Waals surface area contributed by atoms with Crippen molar-refractivity contribution >= 4 is 38.9 Å². The molecule has 1 unspecified atom stereocenters. The van der Waals surface area contributed by atoms with Crippen LogP contribution in [0.25, 0.3) is 5.57 Å². The molecule has 0 spiro atoms. The zero-order valence-electron chi connectivity index (χ0n) is 20.4. The molecule has 1 aliphatic heterocycles. The molecule has 1 aromatic carbocycles. The number of sulfonamides is 1. The highest BCUT2D eigenvalue weighted by atomic mass is 32.2. The number of imide groups is 1. The average Bonchev–Trinajstić information content (AvgIpc) is 2.76. The predicted molar refractivity (Wildman–Crippen MR) is 133 cm³/mol. The average molecular weight is 489 g/mol. The topological polar surface area (TPSA) is 117 Å². The molecule has 184 valence electrons. The summed E-state index contributed by atoms with van der Waals surface area (Å²) in [5, 5.41) is 6.56. The van der Waals surface area contributed by atoms with Gasteiger partial charge in [-0.2, -0.15) is 5.10 Å². The Kier molecular flexibility index (Phi) is 6.93. The minimum absolute atomic E-state index is 0.231. The van der Waals surface area contributed by atoms with E-state index < -0.39 is 21.5 Å². The van der Waals surface area contributed by atoms with E-state index in [2.05, 4.69) is 42.1 Å². The lowest BCUT2D eigenvalue weighted by Gasteiger charge is -2.45. The van der Waals surface area contributed by atoms with Crippen molar-refractivity contribution in [3.05, 3.63) is 42.0 Å². The van der Waals surface area contributed by atoms with Crippen LogP contribution in [0.3, 0.4) is 0 Å². The van der Waals surface area contributed by atoms with Gasteiger partial charge in [0.15, 0.2) is 0 Å². The number of hydrogen-bond acceptors (Lipinski definition) is 6. The number of nitrogens with zero attached hydrogens (tertiary/aromatic N) is 2. The van der Waals surface area contributed by atoms with Crippen molar-refractivity contribution in [2.75, 3.05) is 24.8 Å². The van der Waals surface area contributed by atoms with E-state index in [1.165, 1.54) is 4.90 Å². The van der Waals surface area contributed by atoms with Crippen LogP contribution in [0.2, 0.25) is 0 Å². The quantitative estimate of drug-likeness (QED) is 0.470. The number of anilines is 1. The molecule has 0 aromatic heterocycles. The maximum absolute atomic E-state index is 12.4. The fourth-order valence-corrected chi connectivity index (χ4v) is 4.72. The fraction of sp³-hybridized carbons (Fsp3) is 0.458. The third-order valence-corrected chi connectivity index (χ3v) is 6.83. The summed E-state index contributed by atoms with van der Waals surface area (Å²) in [6, 6.07) is 5.02. The molecule has 9 nitrogen and oxygen atoms in total. The van der Waals surface area contributed by atoms with Gasteiger partial charge in [0.2, 0.25) is 15.9 Å². The smallest absolute Gasteiger partial charge is 0.328 e. The van der Waals surface area contributed by atoms with Gasteiger partial charge in [0.25, 0.3) is 0 Å². The van der Waals surface area contributed by atoms with E-state index in [1.807, 2.05) is 25.1 Å². The van der Waals surface area contributed by atoms with Crippen molar-refractivity contribution in [1.29, 1.82) is 0 Å². The number of hydrazone groups is 1. The molecule has 2 N–H and O–H groups in total. The van der Waals surface area contributed by atoms with Crippen LogP contribution in [0.4, 0.5) is 10.5 Å². The Morgan fingerprint density at radius 3 is 2.56 bits per heavy atom. The number of hydrogen-bond donors (Lipinski definition) is 2. The molecule has 1 heterocycles. The number of methoxy groups -OCH3 is 1. The van der Waals surface area contributed by atoms with Gasteiger partial charge in [-0.15, -0.1) is 0 Å². The van der Waals surface area contributed by atoms with Crippen LogP contribution in [0.1, 0.15) is 46.1 Å². The molecule has 2 aliphatic rings. The van der Waals surface area contributed by atoms with E-state index in [-0.39, 0.29) is 17.7 Å². The van der Waals surface area contributed by atoms with Gasteiger partial charge in [0.05, 0.1) is 13.4 Å². The normalized spacial score (nSPS) is 21.8. The van der Waals surface area contributed by atoms with Gasteiger partial charge in [-0.3, -0.25) is 15.0 Å². The Hall–Kier alpha value is -3.14. The van der Waals surface area contributed by atoms with E-state index in [9.17, 15) is 18.0 Å². The second-order valence-electron chi connectivity index (χ2n) is 9.65. The van der Waals surface area contributed by atoms with Crippen molar-refractivity contribution in [2.24, 2.45) is 15.9 Å². The molecule has 1 atom stereocenters. The van der Waals surface area contributed by atoms with Crippen LogP contribution in [0.5, 0.6) is 5.75 Å². The lowest BCUT2D eigenvalue weighted by atomic mass is 9.59. The van der Waals surface area contributed by atoms with Crippen molar-refractivity contribution < 1.29 is 22.7 Å². The van der Waals surface area contributed by atoms with E-state index in [1.54, 1.807) is 19.2 Å². The van der Waals surface area contributed by atoms with Crippen LogP contribution in [0, 0.1) is 10.8 Å². The maximum atomic E-state index is 12.4. The Morgan fingerprint density at radius 2 is 1.97 bits per heavy atom. The molecule has 0 radical (unpaired) electrons. The van der Waals surface area contributed by atoms with E-state index in [0.29, 0.717) is 30.1 Å². The lowest BCUT2D eigenvalue weighted by Crippen LogP contribution is -2.49. The summed E-state index contributed by atoms with van der Waals surface area (Å²) in [7, 11) is -1.91. The van der Waals surface area contributed by atoms with Crippen LogP contribution in [0.15, 0.2) is 41.5 Å². The molecule has 1 saturated heterocycles. The molecule has 1 aliphatic carbocycles. The predicted octanol–water partition coefficient (Wildman–Crippen LogP) is 3.44. The van der Waals surface area contributed by atoms with Crippen LogP contribution < -0.4 is 19.8 Å². The number of urea groups is 1. The number of ether oxygens (including phenoxy) is 1. The Labute approximate surface area is 201 Å². The van der Waals surface area contributed by atoms with Crippen LogP contribution in [-0.4, -0.2) is 46.0 Å². The van der Waals surface area contributed by atoms with E-state index in [0.717, 1.165) is 17.4 Å². The zero-order valence-corrected chi connectivity index (χ0v) is 21.2. The number of allylic oxidation sites excluding steroid dienone is 4. The molecule has 0 saturated carbocycles. The van der Waals surface area contributed by atoms with Crippen molar-refractivity contribution in [2.45, 2.75) is 40.5 Å². The zero-order chi connectivity index (χ0) is 25.3. The maximum Gasteiger partial charge on any atom is 0.328 e. The molecule has 34 heavy (non-hydrogen) atoms. The molecule has 1 fully saturated rings. The monoisotopic (exact) mass is 488 g/mol. The lowest BCUT2D eigenvalue weighted by molar-refractivity contribution is -0.120. The van der Waals surface area contributed by atoms with E-state index >= 15 is 0 Å². The first-order chi connectivity index (χ1) is 15.8. The van der Waals surface area contributed by atoms with Gasteiger partial charge in [-0.1, -0.05) is 39.0 Å². The highest BCUT2D eigenvalue weighted by Gasteiger charge is 2.44. The molecule has 0 bridgehead atoms. The fourth-order valence-electron chi connectivity index (χ4n) is 4.41. The number of carbonyl (C=O) groups is 2. The van der Waals surface area contributed by atoms with E-state index in [4.69, 9.17) is 4.74 Å². The third kappa shape index (κ3) is 5.16. The first kappa shape index (κ1) is 25.5. The van der Waals surface area contributed by atoms with Gasteiger partial charge < -0.3 is 4.74 Å². The van der Waals surface area contributed by atoms with Gasteiger partial charge >= 0.3 is 6.03 Å². The molecule has 10 heteroatoms. The van der Waals surface area contributed by atoms with Crippen LogP contribution >= 0.6 is 0 Å². The Balaban J connectivity index is 2.04. The third-order valence-electron chi connectivity index (χ3n) is 6.41. The number of carbonyl (C=O) groups excluding carboxylic acids is 2. The van der Waals surface area contributed by atoms with Gasteiger partial charge in [-0.25, -0.2) is 18.0 Å². The summed E-state index contributed by atoms with van der Waals surface area (Å²) in [4.78, 5) is 27.7. The second-order valence-corrected chi connectivity index (χ2v) is 11.4. The Bertz CT molecular complexity index is 1190. The van der Waals surface area contributed by atoms with Gasteiger partial charge in [0.1, 0.15) is 5.75 Å². The number of nitrogens with one attached hydrogen (secondary N) is 2. The standard InChI is InChI=1S/C24H32N4O5S/c1-16(26-27-34(6,31)32)24(23(2,3)4)12-7-8-17(15-24)19-14-18(9-10-20(19)33-5)28-13-11-21(29)25-22(28)30/h7-10,12,14,27H,11,13,15H2,1-6H3,(H,25,29,30)/b26-16-. The summed E-state index contributed by atoms with van der Waals surface area (Å²) in [6.07, 6.45) is 7.83. The van der Waals surface area contributed by atoms with Gasteiger partial charge in [-0.05, 0) is 42.5 Å². The summed E-state index contributed by atoms with van der Waals surface area (Å²) >= 11 is 0. The molecule has 1 aromatic rings. The summed E-state index contributed by atoms with van der Waals surface area (Å²) in [5.74, 6) is 0.355. The molecule has 3 amide bonds. The minimum Gasteiger partial charge on any atom is -0.496 e. The van der Waals surface area contributed by atoms with Crippen molar-refractivity contribution in [1.82, 2.24) is 10.1 Å². The number of rotatable bonds is 6. The van der Waals surface area contributed by atoms with Crippen molar-refractivity contribution in [3.8, 4) is 5.75 Å². The number of amides is 3. The van der Waals surface area contributed by atoms with Crippen molar-refractivity contribution in [3.63, 3.8) is 0 Å². The second kappa shape index (κ2) is 9.25. The highest BCUT2D eigenvalue weighted by Crippen LogP contribution is 2.51. The molecular formula is C24H32N4O5S. The first-order valence-corrected chi connectivity index (χ1v) is 12.9. The number of benzene rings is 1. The Morgan fingerprint density at radius 1 is 1.26 bits per heavy atom. The molecule has 3 rings (SSSR count). The summed E-state index contributed by atoms with van der Waals surface area (Å²) in [6.45, 7) is 8.37. The highest BCUT2D eigenvalue weighted by molar-refractivity contribution is 7.88. The molecular weight excluding hydrogens is 456 g/mol.